The van der Waals surface area contributed by atoms with Gasteiger partial charge >= 0.3 is 0 Å². The zero-order valence-electron chi connectivity index (χ0n) is 14.0. The minimum absolute atomic E-state index is 0.0304. The zero-order chi connectivity index (χ0) is 17.1. The van der Waals surface area contributed by atoms with Crippen molar-refractivity contribution in [2.75, 3.05) is 7.11 Å². The highest BCUT2D eigenvalue weighted by atomic mass is 16.5. The van der Waals surface area contributed by atoms with Crippen LogP contribution in [0.2, 0.25) is 0 Å². The molecule has 1 aromatic heterocycles. The number of Topliss-reactive ketones (excluding diaryl/α,β-unsaturated/α-hetero) is 1. The number of rotatable bonds is 6. The molecule has 0 bridgehead atoms. The van der Waals surface area contributed by atoms with Crippen molar-refractivity contribution in [3.05, 3.63) is 66.4 Å². The highest BCUT2D eigenvalue weighted by Crippen LogP contribution is 2.28. The molecule has 0 atom stereocenters. The number of carbonyl (C=O) groups excluding carboxylic acids is 1. The molecule has 0 aliphatic heterocycles. The number of aryl methyl sites for hydroxylation is 1. The highest BCUT2D eigenvalue weighted by Gasteiger charge is 2.16. The SMILES string of the molecule is C=C(CCC(=O)c1nn(C)c2ccccc12)c1ccccc1OC. The molecule has 1 heterocycles. The molecule has 3 rings (SSSR count). The molecule has 3 aromatic rings. The fourth-order valence-electron chi connectivity index (χ4n) is 2.87. The van der Waals surface area contributed by atoms with Crippen LogP contribution in [0.25, 0.3) is 16.5 Å². The van der Waals surface area contributed by atoms with Gasteiger partial charge in [-0.25, -0.2) is 0 Å². The standard InChI is InChI=1S/C20H20N2O2/c1-14(15-8-5-7-11-19(15)24-3)12-13-18(23)20-16-9-4-6-10-17(16)22(2)21-20/h4-11H,1,12-13H2,2-3H3. The van der Waals surface area contributed by atoms with Crippen LogP contribution >= 0.6 is 0 Å². The van der Waals surface area contributed by atoms with Crippen molar-refractivity contribution in [3.8, 4) is 5.75 Å². The highest BCUT2D eigenvalue weighted by molar-refractivity contribution is 6.06. The predicted octanol–water partition coefficient (Wildman–Crippen LogP) is 4.26. The fraction of sp³-hybridized carbons (Fsp3) is 0.200. The summed E-state index contributed by atoms with van der Waals surface area (Å²) in [6.45, 7) is 4.11. The third-order valence-electron chi connectivity index (χ3n) is 4.16. The smallest absolute Gasteiger partial charge is 0.184 e. The predicted molar refractivity (Wildman–Crippen MR) is 96.3 cm³/mol. The number of para-hydroxylation sites is 2. The van der Waals surface area contributed by atoms with Gasteiger partial charge in [-0.3, -0.25) is 9.48 Å². The van der Waals surface area contributed by atoms with Gasteiger partial charge in [0.1, 0.15) is 11.4 Å². The Balaban J connectivity index is 1.76. The minimum atomic E-state index is 0.0304. The lowest BCUT2D eigenvalue weighted by atomic mass is 9.99. The van der Waals surface area contributed by atoms with Crippen LogP contribution in [-0.4, -0.2) is 22.7 Å². The number of aromatic nitrogens is 2. The lowest BCUT2D eigenvalue weighted by molar-refractivity contribution is 0.0980. The molecule has 0 unspecified atom stereocenters. The Morgan fingerprint density at radius 1 is 1.12 bits per heavy atom. The van der Waals surface area contributed by atoms with Crippen LogP contribution in [0.15, 0.2) is 55.1 Å². The molecule has 0 amide bonds. The number of hydrogen-bond donors (Lipinski definition) is 0. The Morgan fingerprint density at radius 3 is 2.62 bits per heavy atom. The Bertz CT molecular complexity index is 909. The van der Waals surface area contributed by atoms with Gasteiger partial charge in [-0.05, 0) is 24.1 Å². The van der Waals surface area contributed by atoms with Crippen LogP contribution in [-0.2, 0) is 7.05 Å². The van der Waals surface area contributed by atoms with Crippen molar-refractivity contribution in [2.24, 2.45) is 7.05 Å². The molecule has 4 nitrogen and oxygen atoms in total. The molecule has 0 radical (unpaired) electrons. The van der Waals surface area contributed by atoms with E-state index in [2.05, 4.69) is 11.7 Å². The summed E-state index contributed by atoms with van der Waals surface area (Å²) in [6, 6.07) is 15.5. The van der Waals surface area contributed by atoms with Gasteiger partial charge < -0.3 is 4.74 Å². The number of methoxy groups -OCH3 is 1. The molecular weight excluding hydrogens is 300 g/mol. The molecule has 2 aromatic carbocycles. The number of fused-ring (bicyclic) bond motifs is 1. The van der Waals surface area contributed by atoms with Crippen molar-refractivity contribution in [1.29, 1.82) is 0 Å². The Kier molecular flexibility index (Phi) is 4.47. The number of allylic oxidation sites excluding steroid dienone is 1. The van der Waals surface area contributed by atoms with Gasteiger partial charge in [0.05, 0.1) is 12.6 Å². The third kappa shape index (κ3) is 2.95. The van der Waals surface area contributed by atoms with Gasteiger partial charge in [-0.1, -0.05) is 43.0 Å². The van der Waals surface area contributed by atoms with Crippen molar-refractivity contribution < 1.29 is 9.53 Å². The van der Waals surface area contributed by atoms with Gasteiger partial charge in [0, 0.05) is 24.4 Å². The van der Waals surface area contributed by atoms with E-state index in [0.717, 1.165) is 27.8 Å². The molecule has 0 fully saturated rings. The summed E-state index contributed by atoms with van der Waals surface area (Å²) >= 11 is 0. The van der Waals surface area contributed by atoms with E-state index in [4.69, 9.17) is 4.74 Å². The molecule has 122 valence electrons. The van der Waals surface area contributed by atoms with E-state index < -0.39 is 0 Å². The maximum absolute atomic E-state index is 12.6. The topological polar surface area (TPSA) is 44.1 Å². The molecule has 0 aliphatic rings. The monoisotopic (exact) mass is 320 g/mol. The number of hydrogen-bond acceptors (Lipinski definition) is 3. The van der Waals surface area contributed by atoms with Crippen molar-refractivity contribution in [1.82, 2.24) is 9.78 Å². The lowest BCUT2D eigenvalue weighted by Crippen LogP contribution is -2.02. The molecule has 0 N–H and O–H groups in total. The number of nitrogens with zero attached hydrogens (tertiary/aromatic N) is 2. The molecule has 0 saturated heterocycles. The van der Waals surface area contributed by atoms with Crippen molar-refractivity contribution in [3.63, 3.8) is 0 Å². The number of carbonyl (C=O) groups is 1. The molecule has 0 spiro atoms. The largest absolute Gasteiger partial charge is 0.496 e. The van der Waals surface area contributed by atoms with Gasteiger partial charge in [0.15, 0.2) is 5.78 Å². The Hall–Kier alpha value is -2.88. The van der Waals surface area contributed by atoms with Crippen molar-refractivity contribution in [2.45, 2.75) is 12.8 Å². The molecule has 4 heteroatoms. The number of benzene rings is 2. The van der Waals surface area contributed by atoms with E-state index in [9.17, 15) is 4.79 Å². The normalized spacial score (nSPS) is 10.8. The molecule has 0 aliphatic carbocycles. The molecule has 24 heavy (non-hydrogen) atoms. The summed E-state index contributed by atoms with van der Waals surface area (Å²) in [5.41, 5.74) is 3.32. The van der Waals surface area contributed by atoms with Crippen LogP contribution in [0.3, 0.4) is 0 Å². The first-order valence-electron chi connectivity index (χ1n) is 7.88. The second-order valence-electron chi connectivity index (χ2n) is 5.72. The Labute approximate surface area is 141 Å². The van der Waals surface area contributed by atoms with Crippen LogP contribution < -0.4 is 4.74 Å². The maximum Gasteiger partial charge on any atom is 0.184 e. The molecule has 0 saturated carbocycles. The number of ketones is 1. The first kappa shape index (κ1) is 16.0. The van der Waals surface area contributed by atoms with Gasteiger partial charge in [-0.15, -0.1) is 0 Å². The van der Waals surface area contributed by atoms with E-state index in [1.807, 2.05) is 55.6 Å². The van der Waals surface area contributed by atoms with Crippen molar-refractivity contribution >= 4 is 22.3 Å². The second kappa shape index (κ2) is 6.71. The lowest BCUT2D eigenvalue weighted by Gasteiger charge is -2.10. The van der Waals surface area contributed by atoms with Crippen LogP contribution in [0, 0.1) is 0 Å². The number of ether oxygens (including phenoxy) is 1. The fourth-order valence-corrected chi connectivity index (χ4v) is 2.87. The first-order chi connectivity index (χ1) is 11.6. The van der Waals surface area contributed by atoms with Gasteiger partial charge in [-0.2, -0.15) is 5.10 Å². The van der Waals surface area contributed by atoms with Crippen LogP contribution in [0.4, 0.5) is 0 Å². The molecular formula is C20H20N2O2. The van der Waals surface area contributed by atoms with E-state index in [1.165, 1.54) is 0 Å². The van der Waals surface area contributed by atoms with E-state index >= 15 is 0 Å². The zero-order valence-corrected chi connectivity index (χ0v) is 14.0. The summed E-state index contributed by atoms with van der Waals surface area (Å²) in [7, 11) is 3.49. The quantitative estimate of drug-likeness (QED) is 0.637. The first-order valence-corrected chi connectivity index (χ1v) is 7.88. The average molecular weight is 320 g/mol. The Morgan fingerprint density at radius 2 is 1.83 bits per heavy atom. The van der Waals surface area contributed by atoms with Gasteiger partial charge in [0.25, 0.3) is 0 Å². The van der Waals surface area contributed by atoms with Gasteiger partial charge in [0.2, 0.25) is 0 Å². The van der Waals surface area contributed by atoms with E-state index in [1.54, 1.807) is 11.8 Å². The summed E-state index contributed by atoms with van der Waals surface area (Å²) in [4.78, 5) is 12.6. The summed E-state index contributed by atoms with van der Waals surface area (Å²) in [5, 5.41) is 5.28. The second-order valence-corrected chi connectivity index (χ2v) is 5.72. The maximum atomic E-state index is 12.6. The minimum Gasteiger partial charge on any atom is -0.496 e. The average Bonchev–Trinajstić information content (AvgIpc) is 2.96. The van der Waals surface area contributed by atoms with E-state index in [-0.39, 0.29) is 5.78 Å². The summed E-state index contributed by atoms with van der Waals surface area (Å²) < 4.78 is 7.11. The van der Waals surface area contributed by atoms with Crippen LogP contribution in [0.5, 0.6) is 5.75 Å². The third-order valence-corrected chi connectivity index (χ3v) is 4.16. The summed E-state index contributed by atoms with van der Waals surface area (Å²) in [6.07, 6.45) is 0.946. The summed E-state index contributed by atoms with van der Waals surface area (Å²) in [5.74, 6) is 0.807. The van der Waals surface area contributed by atoms with E-state index in [0.29, 0.717) is 18.5 Å². The van der Waals surface area contributed by atoms with Crippen LogP contribution in [0.1, 0.15) is 28.9 Å².